The largest absolute Gasteiger partial charge is 0.435 e. The Morgan fingerprint density at radius 2 is 1.90 bits per heavy atom. The number of alkyl halides is 3. The number of fused-ring (bicyclic) bond motifs is 1. The van der Waals surface area contributed by atoms with E-state index in [1.54, 1.807) is 12.3 Å². The van der Waals surface area contributed by atoms with E-state index in [4.69, 9.17) is 17.3 Å². The number of rotatable bonds is 2. The summed E-state index contributed by atoms with van der Waals surface area (Å²) < 4.78 is 55.5. The minimum absolute atomic E-state index is 0.0473. The van der Waals surface area contributed by atoms with Crippen LogP contribution in [0.3, 0.4) is 0 Å². The van der Waals surface area contributed by atoms with Gasteiger partial charge in [-0.05, 0) is 36.8 Å². The first-order valence-electron chi connectivity index (χ1n) is 8.48. The van der Waals surface area contributed by atoms with Crippen LogP contribution in [0.15, 0.2) is 47.7 Å². The Kier molecular flexibility index (Phi) is 4.38. The summed E-state index contributed by atoms with van der Waals surface area (Å²) in [5.74, 6) is -0.586. The minimum atomic E-state index is -4.65. The van der Waals surface area contributed by atoms with Crippen LogP contribution in [-0.2, 0) is 18.3 Å². The second-order valence-corrected chi connectivity index (χ2v) is 7.27. The predicted octanol–water partition coefficient (Wildman–Crippen LogP) is 4.39. The lowest BCUT2D eigenvalue weighted by Gasteiger charge is -2.31. The van der Waals surface area contributed by atoms with E-state index in [1.807, 2.05) is 0 Å². The average Bonchev–Trinajstić information content (AvgIpc) is 3.07. The molecule has 3 heterocycles. The first-order chi connectivity index (χ1) is 13.6. The number of nitrogens with two attached hydrogens (primary N) is 1. The van der Waals surface area contributed by atoms with Crippen LogP contribution >= 0.6 is 11.6 Å². The Morgan fingerprint density at radius 1 is 1.14 bits per heavy atom. The van der Waals surface area contributed by atoms with Gasteiger partial charge in [-0.1, -0.05) is 17.7 Å². The number of amidine groups is 1. The Hall–Kier alpha value is -2.94. The Balaban J connectivity index is 1.91. The van der Waals surface area contributed by atoms with Gasteiger partial charge in [0.2, 0.25) is 0 Å². The molecule has 1 aliphatic heterocycles. The summed E-state index contributed by atoms with van der Waals surface area (Å²) in [4.78, 5) is 8.33. The van der Waals surface area contributed by atoms with Crippen molar-refractivity contribution in [1.29, 1.82) is 0 Å². The molecule has 2 N–H and O–H groups in total. The molecule has 29 heavy (non-hydrogen) atoms. The molecule has 0 saturated heterocycles. The molecular formula is C19H14ClF4N5. The van der Waals surface area contributed by atoms with Crippen molar-refractivity contribution in [2.45, 2.75) is 25.2 Å². The van der Waals surface area contributed by atoms with Crippen molar-refractivity contribution < 1.29 is 17.6 Å². The fourth-order valence-electron chi connectivity index (χ4n) is 3.45. The third-order valence-electron chi connectivity index (χ3n) is 4.78. The van der Waals surface area contributed by atoms with Gasteiger partial charge in [-0.25, -0.2) is 4.39 Å². The van der Waals surface area contributed by atoms with Crippen LogP contribution in [0.5, 0.6) is 0 Å². The van der Waals surface area contributed by atoms with Gasteiger partial charge in [-0.2, -0.15) is 18.3 Å². The third kappa shape index (κ3) is 3.35. The van der Waals surface area contributed by atoms with E-state index in [1.165, 1.54) is 31.3 Å². The van der Waals surface area contributed by atoms with E-state index in [-0.39, 0.29) is 23.6 Å². The third-order valence-corrected chi connectivity index (χ3v) is 4.98. The number of hydrogen-bond donors (Lipinski definition) is 1. The number of nitrogens with zero attached hydrogens (tertiary/aromatic N) is 4. The number of aliphatic imine (C=N–C) groups is 1. The van der Waals surface area contributed by atoms with Gasteiger partial charge in [0, 0.05) is 23.5 Å². The van der Waals surface area contributed by atoms with Crippen molar-refractivity contribution in [2.75, 3.05) is 0 Å². The lowest BCUT2D eigenvalue weighted by molar-refractivity contribution is -0.141. The van der Waals surface area contributed by atoms with E-state index in [0.29, 0.717) is 16.1 Å². The maximum absolute atomic E-state index is 14.9. The van der Waals surface area contributed by atoms with Crippen LogP contribution in [0, 0.1) is 5.82 Å². The molecule has 0 spiro atoms. The zero-order chi connectivity index (χ0) is 21.0. The highest BCUT2D eigenvalue weighted by Crippen LogP contribution is 2.41. The number of pyridine rings is 1. The molecule has 0 radical (unpaired) electrons. The highest BCUT2D eigenvalue weighted by atomic mass is 35.5. The van der Waals surface area contributed by atoms with Crippen LogP contribution < -0.4 is 5.73 Å². The zero-order valence-corrected chi connectivity index (χ0v) is 15.8. The molecule has 0 aliphatic carbocycles. The second-order valence-electron chi connectivity index (χ2n) is 6.83. The molecule has 5 nitrogen and oxygen atoms in total. The lowest BCUT2D eigenvalue weighted by atomic mass is 9.85. The molecule has 0 saturated carbocycles. The molecule has 1 aliphatic rings. The lowest BCUT2D eigenvalue weighted by Crippen LogP contribution is -2.37. The van der Waals surface area contributed by atoms with E-state index in [9.17, 15) is 17.6 Å². The Bertz CT molecular complexity index is 1140. The Morgan fingerprint density at radius 3 is 2.59 bits per heavy atom. The molecule has 150 valence electrons. The van der Waals surface area contributed by atoms with Crippen LogP contribution in [-0.4, -0.2) is 20.6 Å². The molecule has 3 aromatic rings. The molecular weight excluding hydrogens is 410 g/mol. The smallest absolute Gasteiger partial charge is 0.386 e. The van der Waals surface area contributed by atoms with Crippen LogP contribution in [0.25, 0.3) is 11.1 Å². The summed E-state index contributed by atoms with van der Waals surface area (Å²) in [6, 6.07) is 6.79. The quantitative estimate of drug-likeness (QED) is 0.621. The summed E-state index contributed by atoms with van der Waals surface area (Å²) in [6.45, 7) is 1.39. The first kappa shape index (κ1) is 19.4. The topological polar surface area (TPSA) is 69.1 Å². The van der Waals surface area contributed by atoms with Crippen molar-refractivity contribution >= 4 is 17.4 Å². The molecule has 2 aromatic heterocycles. The van der Waals surface area contributed by atoms with Gasteiger partial charge in [-0.15, -0.1) is 0 Å². The van der Waals surface area contributed by atoms with Crippen LogP contribution in [0.4, 0.5) is 17.6 Å². The molecule has 10 heteroatoms. The first-order valence-corrected chi connectivity index (χ1v) is 8.86. The van der Waals surface area contributed by atoms with Gasteiger partial charge < -0.3 is 5.73 Å². The summed E-state index contributed by atoms with van der Waals surface area (Å²) in [6.07, 6.45) is -1.64. The zero-order valence-electron chi connectivity index (χ0n) is 15.0. The second kappa shape index (κ2) is 6.55. The number of benzene rings is 1. The summed E-state index contributed by atoms with van der Waals surface area (Å²) in [5, 5.41) is 3.99. The van der Waals surface area contributed by atoms with E-state index in [2.05, 4.69) is 15.1 Å². The van der Waals surface area contributed by atoms with E-state index in [0.717, 1.165) is 10.7 Å². The molecule has 0 amide bonds. The highest BCUT2D eigenvalue weighted by molar-refractivity contribution is 6.30. The predicted molar refractivity (Wildman–Crippen MR) is 99.9 cm³/mol. The van der Waals surface area contributed by atoms with Gasteiger partial charge in [0.05, 0.1) is 17.3 Å². The number of hydrogen-bond acceptors (Lipinski definition) is 4. The average molecular weight is 424 g/mol. The van der Waals surface area contributed by atoms with Crippen LogP contribution in [0.1, 0.15) is 23.9 Å². The minimum Gasteiger partial charge on any atom is -0.386 e. The van der Waals surface area contributed by atoms with Gasteiger partial charge in [-0.3, -0.25) is 14.7 Å². The molecule has 1 aromatic carbocycles. The van der Waals surface area contributed by atoms with Crippen molar-refractivity contribution in [2.24, 2.45) is 10.7 Å². The maximum atomic E-state index is 14.9. The molecule has 4 rings (SSSR count). The normalized spacial score (nSPS) is 19.0. The fraction of sp³-hybridized carbons (Fsp3) is 0.211. The van der Waals surface area contributed by atoms with E-state index < -0.39 is 23.2 Å². The monoisotopic (exact) mass is 423 g/mol. The standard InChI is InChI=1S/C19H14ClF4N5/c1-18(16-6-15(19(22,23)24)28-29(16)9-17(25)27-18)13-5-10(2-3-14(13)21)11-4-12(20)8-26-7-11/h2-8H,9H2,1H3,(H2,25,27)/t18-/m0/s1. The molecule has 0 unspecified atom stereocenters. The van der Waals surface area contributed by atoms with Crippen molar-refractivity contribution in [1.82, 2.24) is 14.8 Å². The van der Waals surface area contributed by atoms with Crippen LogP contribution in [0.2, 0.25) is 5.02 Å². The SMILES string of the molecule is C[C@@]1(c2cc(-c3cncc(Cl)c3)ccc2F)N=C(N)Cn2nc(C(F)(F)F)cc21. The van der Waals surface area contributed by atoms with Gasteiger partial charge in [0.25, 0.3) is 0 Å². The summed E-state index contributed by atoms with van der Waals surface area (Å²) in [7, 11) is 0. The summed E-state index contributed by atoms with van der Waals surface area (Å²) in [5.41, 5.74) is 4.64. The number of aromatic nitrogens is 3. The van der Waals surface area contributed by atoms with Gasteiger partial charge >= 0.3 is 6.18 Å². The Labute approximate surface area is 167 Å². The highest BCUT2D eigenvalue weighted by Gasteiger charge is 2.42. The van der Waals surface area contributed by atoms with E-state index >= 15 is 0 Å². The van der Waals surface area contributed by atoms with Gasteiger partial charge in [0.15, 0.2) is 5.69 Å². The van der Waals surface area contributed by atoms with Gasteiger partial charge in [0.1, 0.15) is 17.2 Å². The molecule has 1 atom stereocenters. The molecule has 0 fully saturated rings. The van der Waals surface area contributed by atoms with Crippen molar-refractivity contribution in [3.05, 3.63) is 70.5 Å². The summed E-state index contributed by atoms with van der Waals surface area (Å²) >= 11 is 5.98. The molecule has 0 bridgehead atoms. The van der Waals surface area contributed by atoms with Crippen molar-refractivity contribution in [3.63, 3.8) is 0 Å². The number of halogens is 5. The fourth-order valence-corrected chi connectivity index (χ4v) is 3.62. The maximum Gasteiger partial charge on any atom is 0.435 e. The van der Waals surface area contributed by atoms with Crippen molar-refractivity contribution in [3.8, 4) is 11.1 Å².